The number of carbonyl (C=O) groups is 2. The number of rotatable bonds is 10. The summed E-state index contributed by atoms with van der Waals surface area (Å²) in [4.78, 5) is 25.6. The van der Waals surface area contributed by atoms with E-state index in [4.69, 9.17) is 16.2 Å². The second-order valence-corrected chi connectivity index (χ2v) is 3.79. The van der Waals surface area contributed by atoms with Crippen molar-refractivity contribution in [3.63, 3.8) is 0 Å². The predicted octanol–water partition coefficient (Wildman–Crippen LogP) is 0.655. The maximum Gasteiger partial charge on any atom is 1.00 e. The molecule has 0 unspecified atom stereocenters. The Balaban J connectivity index is -0.0000000894. The standard InChI is InChI=1S/C6H11N3O2.C5H9N3O2.CH4.Li.H2O/c1-11-6(10)4-2-3-5-8-9-7;6-8-7-4-2-1-3-5(9)10;;;/h2-5H2,1H3;1-4H2,(H,9,10);1H4;;1H2/q;;;+1;/p-1. The molecule has 0 aromatic carbocycles. The van der Waals surface area contributed by atoms with Crippen molar-refractivity contribution in [1.82, 2.24) is 0 Å². The molecule has 0 atom stereocenters. The first-order valence-corrected chi connectivity index (χ1v) is 6.38. The Morgan fingerprint density at radius 3 is 1.75 bits per heavy atom. The zero-order valence-electron chi connectivity index (χ0n) is 13.5. The largest absolute Gasteiger partial charge is 1.00 e. The molecule has 0 spiro atoms. The number of ether oxygens (including phenoxy) is 1. The summed E-state index contributed by atoms with van der Waals surface area (Å²) in [5.74, 6) is -1.02. The van der Waals surface area contributed by atoms with E-state index in [1.807, 2.05) is 0 Å². The summed E-state index contributed by atoms with van der Waals surface area (Å²) in [5, 5.41) is 14.7. The van der Waals surface area contributed by atoms with Gasteiger partial charge in [-0.15, -0.1) is 0 Å². The smallest absolute Gasteiger partial charge is 0.870 e. The summed E-state index contributed by atoms with van der Waals surface area (Å²) in [6, 6.07) is 0. The number of hydrogen-bond acceptors (Lipinski definition) is 6. The molecule has 0 fully saturated rings. The van der Waals surface area contributed by atoms with Gasteiger partial charge >= 0.3 is 30.8 Å². The van der Waals surface area contributed by atoms with Gasteiger partial charge in [0.2, 0.25) is 0 Å². The molecule has 0 aliphatic heterocycles. The van der Waals surface area contributed by atoms with Crippen molar-refractivity contribution in [2.75, 3.05) is 20.2 Å². The van der Waals surface area contributed by atoms with Crippen LogP contribution in [0.15, 0.2) is 10.2 Å². The Labute approximate surface area is 153 Å². The molecule has 0 saturated heterocycles. The van der Waals surface area contributed by atoms with Crippen LogP contribution in [0.5, 0.6) is 0 Å². The number of carboxylic acids is 1. The Bertz CT molecular complexity index is 393. The molecule has 12 heteroatoms. The van der Waals surface area contributed by atoms with Crippen molar-refractivity contribution in [2.45, 2.75) is 46.0 Å². The molecule has 0 aromatic heterocycles. The summed E-state index contributed by atoms with van der Waals surface area (Å²) in [7, 11) is 1.36. The first-order chi connectivity index (χ1) is 10.1. The molecule has 24 heavy (non-hydrogen) atoms. The van der Waals surface area contributed by atoms with Gasteiger partial charge in [0, 0.05) is 35.8 Å². The van der Waals surface area contributed by atoms with E-state index in [1.54, 1.807) is 0 Å². The minimum absolute atomic E-state index is 0. The Morgan fingerprint density at radius 1 is 1.00 bits per heavy atom. The van der Waals surface area contributed by atoms with Gasteiger partial charge in [-0.05, 0) is 36.7 Å². The fourth-order valence-electron chi connectivity index (χ4n) is 1.10. The summed E-state index contributed by atoms with van der Waals surface area (Å²) >= 11 is 0. The van der Waals surface area contributed by atoms with Gasteiger partial charge in [-0.1, -0.05) is 17.7 Å². The number of hydrogen-bond donors (Lipinski definition) is 1. The molecule has 0 aromatic rings. The monoisotopic (exact) mass is 340 g/mol. The number of carbonyl (C=O) groups excluding carboxylic acids is 1. The Kier molecular flexibility index (Phi) is 40.9. The molecule has 0 bridgehead atoms. The first kappa shape index (κ1) is 33.7. The number of carboxylic acid groups (broad SMARTS) is 1. The van der Waals surface area contributed by atoms with Crippen LogP contribution in [-0.2, 0) is 14.3 Å². The van der Waals surface area contributed by atoms with Crippen LogP contribution >= 0.6 is 0 Å². The van der Waals surface area contributed by atoms with E-state index in [1.165, 1.54) is 7.11 Å². The van der Waals surface area contributed by atoms with Crippen LogP contribution in [-0.4, -0.2) is 42.7 Å². The molecule has 0 amide bonds. The summed E-state index contributed by atoms with van der Waals surface area (Å²) in [6.07, 6.45) is 3.23. The summed E-state index contributed by atoms with van der Waals surface area (Å²) in [6.45, 7) is 0.845. The minimum atomic E-state index is -0.805. The van der Waals surface area contributed by atoms with Crippen LogP contribution in [0.4, 0.5) is 0 Å². The molecule has 11 nitrogen and oxygen atoms in total. The Hall–Kier alpha value is -1.88. The molecule has 0 rings (SSSR count). The Morgan fingerprint density at radius 2 is 1.42 bits per heavy atom. The zero-order valence-corrected chi connectivity index (χ0v) is 13.5. The van der Waals surface area contributed by atoms with Crippen LogP contribution in [0.25, 0.3) is 20.9 Å². The predicted molar refractivity (Wildman–Crippen MR) is 84.0 cm³/mol. The third-order valence-electron chi connectivity index (χ3n) is 2.14. The van der Waals surface area contributed by atoms with Crippen molar-refractivity contribution < 1.29 is 43.8 Å². The van der Waals surface area contributed by atoms with Gasteiger partial charge in [0.15, 0.2) is 0 Å². The summed E-state index contributed by atoms with van der Waals surface area (Å²) < 4.78 is 4.41. The number of unbranched alkanes of at least 4 members (excludes halogenated alkanes) is 2. The van der Waals surface area contributed by atoms with Gasteiger partial charge in [-0.25, -0.2) is 0 Å². The molecular weight excluding hydrogens is 315 g/mol. The fourth-order valence-corrected chi connectivity index (χ4v) is 1.10. The maximum atomic E-state index is 10.5. The van der Waals surface area contributed by atoms with Crippen LogP contribution in [0.2, 0.25) is 0 Å². The normalized spacial score (nSPS) is 7.38. The minimum Gasteiger partial charge on any atom is -0.870 e. The average molecular weight is 340 g/mol. The molecular formula is C12H25LiN6O5. The van der Waals surface area contributed by atoms with E-state index >= 15 is 0 Å². The van der Waals surface area contributed by atoms with Gasteiger partial charge in [-0.3, -0.25) is 9.59 Å². The van der Waals surface area contributed by atoms with E-state index in [2.05, 4.69) is 24.8 Å². The van der Waals surface area contributed by atoms with E-state index in [0.29, 0.717) is 38.8 Å². The molecule has 0 saturated carbocycles. The molecule has 134 valence electrons. The van der Waals surface area contributed by atoms with E-state index < -0.39 is 5.97 Å². The van der Waals surface area contributed by atoms with Gasteiger partial charge < -0.3 is 15.3 Å². The van der Waals surface area contributed by atoms with Crippen molar-refractivity contribution in [3.8, 4) is 0 Å². The van der Waals surface area contributed by atoms with Crippen LogP contribution in [0, 0.1) is 0 Å². The van der Waals surface area contributed by atoms with Crippen molar-refractivity contribution in [2.24, 2.45) is 10.2 Å². The fraction of sp³-hybridized carbons (Fsp3) is 0.833. The van der Waals surface area contributed by atoms with Crippen molar-refractivity contribution in [1.29, 1.82) is 0 Å². The van der Waals surface area contributed by atoms with Crippen LogP contribution < -0.4 is 18.9 Å². The number of esters is 1. The van der Waals surface area contributed by atoms with Crippen LogP contribution in [0.1, 0.15) is 46.0 Å². The third kappa shape index (κ3) is 36.9. The average Bonchev–Trinajstić information content (AvgIpc) is 2.47. The van der Waals surface area contributed by atoms with E-state index in [9.17, 15) is 9.59 Å². The first-order valence-electron chi connectivity index (χ1n) is 6.38. The zero-order chi connectivity index (χ0) is 16.3. The maximum absolute atomic E-state index is 10.5. The quantitative estimate of drug-likeness (QED) is 0.152. The number of nitrogens with zero attached hydrogens (tertiary/aromatic N) is 6. The van der Waals surface area contributed by atoms with Gasteiger partial charge in [-0.2, -0.15) is 0 Å². The SMILES string of the molecule is C.COC(=O)CCCCN=[N+]=[N-].[Li+].[N-]=[N+]=NCCCCC(=O)O.[OH-]. The van der Waals surface area contributed by atoms with Crippen molar-refractivity contribution >= 4 is 11.9 Å². The van der Waals surface area contributed by atoms with Gasteiger partial charge in [0.05, 0.1) is 7.11 Å². The second-order valence-electron chi connectivity index (χ2n) is 3.79. The van der Waals surface area contributed by atoms with Crippen LogP contribution in [0.3, 0.4) is 0 Å². The van der Waals surface area contributed by atoms with E-state index in [-0.39, 0.29) is 44.2 Å². The van der Waals surface area contributed by atoms with Gasteiger partial charge in [0.1, 0.15) is 0 Å². The second kappa shape index (κ2) is 29.2. The topological polar surface area (TPSA) is 191 Å². The summed E-state index contributed by atoms with van der Waals surface area (Å²) in [5.41, 5.74) is 15.7. The van der Waals surface area contributed by atoms with Crippen molar-refractivity contribution in [3.05, 3.63) is 20.9 Å². The molecule has 0 aliphatic carbocycles. The van der Waals surface area contributed by atoms with E-state index in [0.717, 1.165) is 6.42 Å². The molecule has 0 aliphatic rings. The third-order valence-corrected chi connectivity index (χ3v) is 2.14. The number of methoxy groups -OCH3 is 1. The number of aliphatic carboxylic acids is 1. The molecule has 0 heterocycles. The molecule has 0 radical (unpaired) electrons. The number of azide groups is 2. The molecule has 2 N–H and O–H groups in total. The van der Waals surface area contributed by atoms with Gasteiger partial charge in [0.25, 0.3) is 0 Å².